The first-order valence-electron chi connectivity index (χ1n) is 10.9. The van der Waals surface area contributed by atoms with Gasteiger partial charge in [0.15, 0.2) is 5.82 Å². The summed E-state index contributed by atoms with van der Waals surface area (Å²) in [6, 6.07) is 8.24. The fourth-order valence-electron chi connectivity index (χ4n) is 4.58. The van der Waals surface area contributed by atoms with E-state index in [9.17, 15) is 18.0 Å². The number of hydrogen-bond donors (Lipinski definition) is 1. The number of carboxylic acids is 1. The predicted molar refractivity (Wildman–Crippen MR) is 125 cm³/mol. The van der Waals surface area contributed by atoms with E-state index in [1.54, 1.807) is 22.7 Å². The molecule has 0 saturated carbocycles. The average molecular weight is 528 g/mol. The lowest BCUT2D eigenvalue weighted by molar-refractivity contribution is -0.192. The first-order valence-corrected chi connectivity index (χ1v) is 12.6. The van der Waals surface area contributed by atoms with Crippen molar-refractivity contribution >= 4 is 34.6 Å². The number of carboxylic acid groups (broad SMARTS) is 1. The van der Waals surface area contributed by atoms with E-state index in [4.69, 9.17) is 9.90 Å². The molecule has 3 aromatic heterocycles. The Labute approximate surface area is 207 Å². The fourth-order valence-corrected chi connectivity index (χ4v) is 5.98. The van der Waals surface area contributed by atoms with Crippen LogP contribution in [0.25, 0.3) is 10.7 Å². The number of hydrogen-bond acceptors (Lipinski definition) is 7. The number of thiophene rings is 2. The van der Waals surface area contributed by atoms with Crippen LogP contribution in [0.2, 0.25) is 0 Å². The third-order valence-electron chi connectivity index (χ3n) is 6.12. The Hall–Kier alpha value is -2.77. The average Bonchev–Trinajstić information content (AvgIpc) is 3.56. The van der Waals surface area contributed by atoms with Crippen LogP contribution in [0, 0.1) is 0 Å². The van der Waals surface area contributed by atoms with Gasteiger partial charge < -0.3 is 14.6 Å². The Morgan fingerprint density at radius 1 is 1.11 bits per heavy atom. The van der Waals surface area contributed by atoms with Crippen LogP contribution in [0.3, 0.4) is 0 Å². The minimum Gasteiger partial charge on any atom is -0.475 e. The number of aromatic nitrogens is 3. The number of carbonyl (C=O) groups excluding carboxylic acids is 1. The smallest absolute Gasteiger partial charge is 0.475 e. The van der Waals surface area contributed by atoms with Crippen LogP contribution in [0.4, 0.5) is 13.2 Å². The first kappa shape index (κ1) is 25.3. The van der Waals surface area contributed by atoms with E-state index in [0.717, 1.165) is 55.5 Å². The van der Waals surface area contributed by atoms with Gasteiger partial charge in [-0.3, -0.25) is 9.69 Å². The van der Waals surface area contributed by atoms with Gasteiger partial charge in [-0.2, -0.15) is 13.2 Å². The maximum absolute atomic E-state index is 12.7. The number of halogens is 3. The molecule has 1 saturated heterocycles. The standard InChI is InChI=1S/C20H23N5OS2.C2HF3O2/c1-23-13-17-21-22-19(16-5-3-11-28-16)25(17)20(14-23)6-8-24(9-7-20)18(26)12-15-4-2-10-27-15;3-2(4,5)1(6)7/h2-5,10-11H,6-9,12-14H2,1H3;(H,6,7). The summed E-state index contributed by atoms with van der Waals surface area (Å²) < 4.78 is 34.1. The lowest BCUT2D eigenvalue weighted by Gasteiger charge is -2.48. The molecule has 0 aliphatic carbocycles. The SMILES string of the molecule is CN1Cc2nnc(-c3cccs3)n2C2(CCN(C(=O)Cc3cccs3)CC2)C1.O=C(O)C(F)(F)F. The molecule has 0 aromatic carbocycles. The summed E-state index contributed by atoms with van der Waals surface area (Å²) in [7, 11) is 2.15. The van der Waals surface area contributed by atoms with Crippen LogP contribution in [-0.4, -0.2) is 74.4 Å². The highest BCUT2D eigenvalue weighted by Crippen LogP contribution is 2.39. The zero-order valence-corrected chi connectivity index (χ0v) is 20.5. The molecule has 1 fully saturated rings. The van der Waals surface area contributed by atoms with E-state index >= 15 is 0 Å². The van der Waals surface area contributed by atoms with Gasteiger partial charge in [-0.25, -0.2) is 4.79 Å². The molecule has 2 aliphatic rings. The highest BCUT2D eigenvalue weighted by molar-refractivity contribution is 7.13. The van der Waals surface area contributed by atoms with Crippen LogP contribution >= 0.6 is 22.7 Å². The number of alkyl halides is 3. The molecule has 3 aromatic rings. The van der Waals surface area contributed by atoms with Crippen LogP contribution in [0.1, 0.15) is 23.5 Å². The summed E-state index contributed by atoms with van der Waals surface area (Å²) in [6.07, 6.45) is -2.68. The molecule has 0 bridgehead atoms. The van der Waals surface area contributed by atoms with Gasteiger partial charge in [-0.1, -0.05) is 12.1 Å². The molecule has 188 valence electrons. The van der Waals surface area contributed by atoms with Gasteiger partial charge in [0, 0.05) is 24.5 Å². The largest absolute Gasteiger partial charge is 0.490 e. The van der Waals surface area contributed by atoms with Crippen molar-refractivity contribution < 1.29 is 27.9 Å². The lowest BCUT2D eigenvalue weighted by atomic mass is 9.84. The Morgan fingerprint density at radius 2 is 1.77 bits per heavy atom. The van der Waals surface area contributed by atoms with Crippen molar-refractivity contribution in [1.29, 1.82) is 0 Å². The number of nitrogens with zero attached hydrogens (tertiary/aromatic N) is 5. The van der Waals surface area contributed by atoms with Gasteiger partial charge in [0.1, 0.15) is 5.82 Å². The predicted octanol–water partition coefficient (Wildman–Crippen LogP) is 3.71. The third kappa shape index (κ3) is 5.57. The molecule has 5 heterocycles. The van der Waals surface area contributed by atoms with Crippen molar-refractivity contribution in [3.8, 4) is 10.7 Å². The second-order valence-electron chi connectivity index (χ2n) is 8.59. The van der Waals surface area contributed by atoms with Gasteiger partial charge in [-0.05, 0) is 42.8 Å². The van der Waals surface area contributed by atoms with E-state index in [1.807, 2.05) is 22.4 Å². The second-order valence-corrected chi connectivity index (χ2v) is 10.6. The number of aliphatic carboxylic acids is 1. The Bertz CT molecular complexity index is 1150. The summed E-state index contributed by atoms with van der Waals surface area (Å²) in [4.78, 5) is 28.3. The monoisotopic (exact) mass is 527 g/mol. The topological polar surface area (TPSA) is 91.6 Å². The van der Waals surface area contributed by atoms with Crippen molar-refractivity contribution in [2.45, 2.75) is 37.5 Å². The van der Waals surface area contributed by atoms with Gasteiger partial charge in [0.2, 0.25) is 5.91 Å². The minimum absolute atomic E-state index is 0.0368. The number of carbonyl (C=O) groups is 2. The van der Waals surface area contributed by atoms with Crippen LogP contribution in [-0.2, 0) is 28.1 Å². The number of fused-ring (bicyclic) bond motifs is 2. The molecule has 8 nitrogen and oxygen atoms in total. The van der Waals surface area contributed by atoms with Crippen LogP contribution < -0.4 is 0 Å². The molecule has 0 atom stereocenters. The normalized spacial score (nSPS) is 17.5. The van der Waals surface area contributed by atoms with Crippen LogP contribution in [0.15, 0.2) is 35.0 Å². The molecule has 0 radical (unpaired) electrons. The molecule has 2 aliphatic heterocycles. The molecule has 13 heteroatoms. The Morgan fingerprint density at radius 3 is 2.34 bits per heavy atom. The van der Waals surface area contributed by atoms with Crippen molar-refractivity contribution in [2.24, 2.45) is 0 Å². The summed E-state index contributed by atoms with van der Waals surface area (Å²) >= 11 is 3.36. The van der Waals surface area contributed by atoms with Crippen molar-refractivity contribution in [3.05, 3.63) is 45.7 Å². The highest BCUT2D eigenvalue weighted by Gasteiger charge is 2.44. The molecule has 5 rings (SSSR count). The molecular formula is C22H24F3N5O3S2. The summed E-state index contributed by atoms with van der Waals surface area (Å²) in [5.74, 6) is -0.497. The maximum Gasteiger partial charge on any atom is 0.490 e. The zero-order valence-electron chi connectivity index (χ0n) is 18.9. The summed E-state index contributed by atoms with van der Waals surface area (Å²) in [5, 5.41) is 20.3. The second kappa shape index (κ2) is 10.1. The number of rotatable bonds is 3. The number of amides is 1. The third-order valence-corrected chi connectivity index (χ3v) is 7.86. The fraction of sp³-hybridized carbons (Fsp3) is 0.455. The van der Waals surface area contributed by atoms with E-state index in [2.05, 4.69) is 44.2 Å². The molecule has 0 unspecified atom stereocenters. The Kier molecular flexibility index (Phi) is 7.29. The molecule has 1 N–H and O–H groups in total. The summed E-state index contributed by atoms with van der Waals surface area (Å²) in [6.45, 7) is 3.38. The van der Waals surface area contributed by atoms with Gasteiger partial charge >= 0.3 is 12.1 Å². The zero-order chi connectivity index (χ0) is 25.2. The highest BCUT2D eigenvalue weighted by atomic mass is 32.1. The van der Waals surface area contributed by atoms with Crippen molar-refractivity contribution in [2.75, 3.05) is 26.7 Å². The number of piperidine rings is 1. The van der Waals surface area contributed by atoms with Crippen molar-refractivity contribution in [1.82, 2.24) is 24.6 Å². The van der Waals surface area contributed by atoms with Gasteiger partial charge in [0.25, 0.3) is 0 Å². The number of likely N-dealkylation sites (tertiary alicyclic amines) is 1. The molecule has 1 amide bonds. The lowest BCUT2D eigenvalue weighted by Crippen LogP contribution is -2.56. The number of likely N-dealkylation sites (N-methyl/N-ethyl adjacent to an activating group) is 1. The first-order chi connectivity index (χ1) is 16.6. The van der Waals surface area contributed by atoms with Gasteiger partial charge in [0.05, 0.1) is 23.4 Å². The summed E-state index contributed by atoms with van der Waals surface area (Å²) in [5.41, 5.74) is -0.0368. The molecule has 35 heavy (non-hydrogen) atoms. The maximum atomic E-state index is 12.7. The van der Waals surface area contributed by atoms with Crippen molar-refractivity contribution in [3.63, 3.8) is 0 Å². The van der Waals surface area contributed by atoms with E-state index < -0.39 is 12.1 Å². The van der Waals surface area contributed by atoms with E-state index in [0.29, 0.717) is 6.42 Å². The van der Waals surface area contributed by atoms with Gasteiger partial charge in [-0.15, -0.1) is 32.9 Å². The van der Waals surface area contributed by atoms with Crippen LogP contribution in [0.5, 0.6) is 0 Å². The Balaban J connectivity index is 0.000000364. The van der Waals surface area contributed by atoms with E-state index in [1.165, 1.54) is 4.88 Å². The van der Waals surface area contributed by atoms with E-state index in [-0.39, 0.29) is 11.4 Å². The minimum atomic E-state index is -5.08. The molecule has 1 spiro atoms. The molecular weight excluding hydrogens is 503 g/mol. The quantitative estimate of drug-likeness (QED) is 0.559.